The van der Waals surface area contributed by atoms with Gasteiger partial charge in [0.05, 0.1) is 24.0 Å². The molecule has 3 rings (SSSR count). The largest absolute Gasteiger partial charge is 0.394 e. The molecule has 0 spiro atoms. The normalized spacial score (nSPS) is 18.0. The molecule has 0 radical (unpaired) electrons. The quantitative estimate of drug-likeness (QED) is 0.936. The van der Waals surface area contributed by atoms with Gasteiger partial charge in [0.2, 0.25) is 0 Å². The fourth-order valence-electron chi connectivity index (χ4n) is 2.81. The predicted molar refractivity (Wildman–Crippen MR) is 82.3 cm³/mol. The molecule has 1 saturated heterocycles. The molecule has 0 aliphatic carbocycles. The second-order valence-electron chi connectivity index (χ2n) is 5.39. The first-order chi connectivity index (χ1) is 10.6. The van der Waals surface area contributed by atoms with Gasteiger partial charge in [0, 0.05) is 11.6 Å². The van der Waals surface area contributed by atoms with Gasteiger partial charge in [0.25, 0.3) is 5.91 Å². The van der Waals surface area contributed by atoms with Crippen LogP contribution in [0.15, 0.2) is 24.3 Å². The van der Waals surface area contributed by atoms with E-state index in [9.17, 15) is 9.90 Å². The maximum absolute atomic E-state index is 12.6. The first-order valence-electron chi connectivity index (χ1n) is 7.22. The van der Waals surface area contributed by atoms with Crippen LogP contribution in [0.2, 0.25) is 5.02 Å². The molecule has 2 aromatic rings. The SMILES string of the molecule is Cc1c(C(=O)N2CCC[C@@H]2CO)nnn1-c1cccc(Cl)c1. The third kappa shape index (κ3) is 2.60. The number of likely N-dealkylation sites (tertiary alicyclic amines) is 1. The molecule has 6 nitrogen and oxygen atoms in total. The number of rotatable bonds is 3. The van der Waals surface area contributed by atoms with Crippen molar-refractivity contribution in [3.05, 3.63) is 40.7 Å². The molecule has 22 heavy (non-hydrogen) atoms. The first-order valence-corrected chi connectivity index (χ1v) is 7.59. The van der Waals surface area contributed by atoms with Gasteiger partial charge in [0.1, 0.15) is 0 Å². The molecule has 2 heterocycles. The highest BCUT2D eigenvalue weighted by Crippen LogP contribution is 2.22. The van der Waals surface area contributed by atoms with E-state index < -0.39 is 0 Å². The number of aromatic nitrogens is 3. The average Bonchev–Trinajstić information content (AvgIpc) is 3.12. The average molecular weight is 321 g/mol. The summed E-state index contributed by atoms with van der Waals surface area (Å²) in [4.78, 5) is 14.3. The number of nitrogens with zero attached hydrogens (tertiary/aromatic N) is 4. The highest BCUT2D eigenvalue weighted by atomic mass is 35.5. The number of hydrogen-bond donors (Lipinski definition) is 1. The zero-order chi connectivity index (χ0) is 15.7. The fourth-order valence-corrected chi connectivity index (χ4v) is 2.99. The summed E-state index contributed by atoms with van der Waals surface area (Å²) >= 11 is 5.99. The minimum Gasteiger partial charge on any atom is -0.394 e. The molecule has 1 aliphatic rings. The Balaban J connectivity index is 1.92. The summed E-state index contributed by atoms with van der Waals surface area (Å²) in [6.07, 6.45) is 1.72. The molecule has 1 aromatic heterocycles. The molecule has 1 aromatic carbocycles. The van der Waals surface area contributed by atoms with E-state index in [2.05, 4.69) is 10.3 Å². The van der Waals surface area contributed by atoms with Crippen LogP contribution in [0, 0.1) is 6.92 Å². The van der Waals surface area contributed by atoms with Crippen molar-refractivity contribution < 1.29 is 9.90 Å². The second-order valence-corrected chi connectivity index (χ2v) is 5.83. The molecule has 116 valence electrons. The van der Waals surface area contributed by atoms with Crippen molar-refractivity contribution in [3.63, 3.8) is 0 Å². The van der Waals surface area contributed by atoms with Gasteiger partial charge in [-0.15, -0.1) is 5.10 Å². The van der Waals surface area contributed by atoms with Crippen molar-refractivity contribution in [2.24, 2.45) is 0 Å². The topological polar surface area (TPSA) is 71.2 Å². The Morgan fingerprint density at radius 3 is 3.05 bits per heavy atom. The van der Waals surface area contributed by atoms with Gasteiger partial charge >= 0.3 is 0 Å². The molecule has 0 bridgehead atoms. The number of aliphatic hydroxyl groups is 1. The molecule has 0 saturated carbocycles. The number of benzene rings is 1. The van der Waals surface area contributed by atoms with Crippen LogP contribution in [0.25, 0.3) is 5.69 Å². The lowest BCUT2D eigenvalue weighted by Crippen LogP contribution is -2.38. The minimum atomic E-state index is -0.178. The van der Waals surface area contributed by atoms with Crippen molar-refractivity contribution in [1.82, 2.24) is 19.9 Å². The van der Waals surface area contributed by atoms with E-state index in [0.717, 1.165) is 18.5 Å². The monoisotopic (exact) mass is 320 g/mol. The molecule has 1 fully saturated rings. The summed E-state index contributed by atoms with van der Waals surface area (Å²) in [5.41, 5.74) is 1.74. The second kappa shape index (κ2) is 6.06. The van der Waals surface area contributed by atoms with Crippen LogP contribution in [0.1, 0.15) is 29.0 Å². The fraction of sp³-hybridized carbons (Fsp3) is 0.400. The van der Waals surface area contributed by atoms with Crippen LogP contribution in [-0.4, -0.2) is 50.1 Å². The Bertz CT molecular complexity index is 701. The zero-order valence-corrected chi connectivity index (χ0v) is 13.0. The van der Waals surface area contributed by atoms with Gasteiger partial charge in [-0.25, -0.2) is 4.68 Å². The van der Waals surface area contributed by atoms with E-state index in [-0.39, 0.29) is 18.6 Å². The van der Waals surface area contributed by atoms with E-state index in [1.807, 2.05) is 12.1 Å². The van der Waals surface area contributed by atoms with Crippen molar-refractivity contribution in [2.45, 2.75) is 25.8 Å². The summed E-state index contributed by atoms with van der Waals surface area (Å²) in [5, 5.41) is 18.1. The van der Waals surface area contributed by atoms with Gasteiger partial charge in [-0.1, -0.05) is 22.9 Å². The van der Waals surface area contributed by atoms with Crippen LogP contribution in [0.3, 0.4) is 0 Å². The van der Waals surface area contributed by atoms with Gasteiger partial charge in [-0.05, 0) is 38.0 Å². The summed E-state index contributed by atoms with van der Waals surface area (Å²) in [6, 6.07) is 7.10. The molecular weight excluding hydrogens is 304 g/mol. The number of carbonyl (C=O) groups is 1. The molecular formula is C15H17ClN4O2. The van der Waals surface area contributed by atoms with Crippen LogP contribution < -0.4 is 0 Å². The van der Waals surface area contributed by atoms with Crippen molar-refractivity contribution in [3.8, 4) is 5.69 Å². The Hall–Kier alpha value is -1.92. The maximum Gasteiger partial charge on any atom is 0.276 e. The lowest BCUT2D eigenvalue weighted by molar-refractivity contribution is 0.0671. The lowest BCUT2D eigenvalue weighted by atomic mass is 10.2. The van der Waals surface area contributed by atoms with Crippen molar-refractivity contribution >= 4 is 17.5 Å². The summed E-state index contributed by atoms with van der Waals surface area (Å²) < 4.78 is 1.60. The lowest BCUT2D eigenvalue weighted by Gasteiger charge is -2.22. The summed E-state index contributed by atoms with van der Waals surface area (Å²) in [5.74, 6) is -0.178. The van der Waals surface area contributed by atoms with E-state index in [0.29, 0.717) is 23.0 Å². The maximum atomic E-state index is 12.6. The Kier molecular flexibility index (Phi) is 4.13. The highest BCUT2D eigenvalue weighted by Gasteiger charge is 2.31. The van der Waals surface area contributed by atoms with Crippen LogP contribution in [0.5, 0.6) is 0 Å². The Labute approximate surface area is 133 Å². The van der Waals surface area contributed by atoms with E-state index in [1.54, 1.807) is 28.6 Å². The van der Waals surface area contributed by atoms with Crippen LogP contribution in [-0.2, 0) is 0 Å². The van der Waals surface area contributed by atoms with Crippen molar-refractivity contribution in [1.29, 1.82) is 0 Å². The summed E-state index contributed by atoms with van der Waals surface area (Å²) in [6.45, 7) is 2.43. The van der Waals surface area contributed by atoms with Gasteiger partial charge < -0.3 is 10.0 Å². The van der Waals surface area contributed by atoms with Crippen molar-refractivity contribution in [2.75, 3.05) is 13.2 Å². The molecule has 1 atom stereocenters. The van der Waals surface area contributed by atoms with E-state index in [1.165, 1.54) is 0 Å². The minimum absolute atomic E-state index is 0.0206. The number of aliphatic hydroxyl groups excluding tert-OH is 1. The predicted octanol–water partition coefficient (Wildman–Crippen LogP) is 1.83. The standard InChI is InChI=1S/C15H17ClN4O2/c1-10-14(15(22)19-7-3-6-13(19)9-21)17-18-20(10)12-5-2-4-11(16)8-12/h2,4-5,8,13,21H,3,6-7,9H2,1H3/t13-/m1/s1. The molecule has 0 unspecified atom stereocenters. The smallest absolute Gasteiger partial charge is 0.276 e. The number of hydrogen-bond acceptors (Lipinski definition) is 4. The van der Waals surface area contributed by atoms with E-state index >= 15 is 0 Å². The van der Waals surface area contributed by atoms with Crippen LogP contribution in [0.4, 0.5) is 0 Å². The van der Waals surface area contributed by atoms with Gasteiger partial charge in [-0.3, -0.25) is 4.79 Å². The third-order valence-electron chi connectivity index (χ3n) is 4.00. The number of amides is 1. The summed E-state index contributed by atoms with van der Waals surface area (Å²) in [7, 11) is 0. The Morgan fingerprint density at radius 2 is 2.32 bits per heavy atom. The molecule has 7 heteroatoms. The van der Waals surface area contributed by atoms with Gasteiger partial charge in [-0.2, -0.15) is 0 Å². The van der Waals surface area contributed by atoms with Crippen LogP contribution >= 0.6 is 11.6 Å². The number of carbonyl (C=O) groups excluding carboxylic acids is 1. The third-order valence-corrected chi connectivity index (χ3v) is 4.23. The van der Waals surface area contributed by atoms with E-state index in [4.69, 9.17) is 11.6 Å². The number of halogens is 1. The van der Waals surface area contributed by atoms with Gasteiger partial charge in [0.15, 0.2) is 5.69 Å². The zero-order valence-electron chi connectivity index (χ0n) is 12.2. The highest BCUT2D eigenvalue weighted by molar-refractivity contribution is 6.30. The molecule has 1 N–H and O–H groups in total. The Morgan fingerprint density at radius 1 is 1.50 bits per heavy atom. The molecule has 1 aliphatic heterocycles. The molecule has 1 amide bonds. The first kappa shape index (κ1) is 15.0.